The molecule has 1 unspecified atom stereocenters. The van der Waals surface area contributed by atoms with Gasteiger partial charge in [-0.1, -0.05) is 24.3 Å². The Morgan fingerprint density at radius 2 is 1.94 bits per heavy atom. The Hall–Kier alpha value is -2.20. The number of hydrogen-bond donors (Lipinski definition) is 1. The zero-order valence-electron chi connectivity index (χ0n) is 9.99. The molecule has 1 aromatic carbocycles. The topological polar surface area (TPSA) is 50.9 Å². The van der Waals surface area contributed by atoms with E-state index >= 15 is 0 Å². The molecular weight excluding hydrogens is 226 g/mol. The number of nitrogens with zero attached hydrogens (tertiary/aromatic N) is 3. The smallest absolute Gasteiger partial charge is 0.142 e. The highest BCUT2D eigenvalue weighted by atomic mass is 16.3. The SMILES string of the molecule is Cn1ccnc1C(O)c1cccc2cccnc12. The Kier molecular flexibility index (Phi) is 2.57. The van der Waals surface area contributed by atoms with Gasteiger partial charge in [-0.05, 0) is 6.07 Å². The summed E-state index contributed by atoms with van der Waals surface area (Å²) in [4.78, 5) is 8.53. The molecular formula is C14H13N3O. The molecule has 0 saturated carbocycles. The van der Waals surface area contributed by atoms with Crippen LogP contribution in [0.25, 0.3) is 10.9 Å². The third-order valence-corrected chi connectivity index (χ3v) is 3.06. The molecule has 2 aromatic heterocycles. The number of aliphatic hydroxyl groups is 1. The molecule has 0 radical (unpaired) electrons. The van der Waals surface area contributed by atoms with Gasteiger partial charge in [0.05, 0.1) is 5.52 Å². The number of rotatable bonds is 2. The minimum Gasteiger partial charge on any atom is -0.380 e. The normalized spacial score (nSPS) is 12.8. The molecule has 1 N–H and O–H groups in total. The van der Waals surface area contributed by atoms with Crippen LogP contribution < -0.4 is 0 Å². The average molecular weight is 239 g/mol. The second kappa shape index (κ2) is 4.23. The van der Waals surface area contributed by atoms with Gasteiger partial charge in [-0.25, -0.2) is 4.98 Å². The van der Waals surface area contributed by atoms with E-state index in [0.717, 1.165) is 16.5 Å². The van der Waals surface area contributed by atoms with E-state index in [1.807, 2.05) is 48.1 Å². The van der Waals surface area contributed by atoms with Gasteiger partial charge in [-0.2, -0.15) is 0 Å². The Labute approximate surface area is 105 Å². The van der Waals surface area contributed by atoms with Crippen molar-refractivity contribution in [1.82, 2.24) is 14.5 Å². The maximum absolute atomic E-state index is 10.4. The quantitative estimate of drug-likeness (QED) is 0.744. The van der Waals surface area contributed by atoms with Crippen LogP contribution in [-0.2, 0) is 7.05 Å². The molecule has 90 valence electrons. The zero-order valence-corrected chi connectivity index (χ0v) is 9.99. The van der Waals surface area contributed by atoms with Gasteiger partial charge < -0.3 is 9.67 Å². The minimum atomic E-state index is -0.761. The molecule has 1 atom stereocenters. The van der Waals surface area contributed by atoms with Crippen LogP contribution in [-0.4, -0.2) is 19.6 Å². The number of para-hydroxylation sites is 1. The minimum absolute atomic E-state index is 0.619. The zero-order chi connectivity index (χ0) is 12.5. The maximum Gasteiger partial charge on any atom is 0.142 e. The van der Waals surface area contributed by atoms with Crippen LogP contribution in [0.15, 0.2) is 48.9 Å². The van der Waals surface area contributed by atoms with Crippen molar-refractivity contribution >= 4 is 10.9 Å². The molecule has 0 spiro atoms. The number of aromatic nitrogens is 3. The lowest BCUT2D eigenvalue weighted by molar-refractivity contribution is 0.207. The van der Waals surface area contributed by atoms with E-state index in [-0.39, 0.29) is 0 Å². The maximum atomic E-state index is 10.4. The van der Waals surface area contributed by atoms with Gasteiger partial charge in [0.25, 0.3) is 0 Å². The molecule has 0 amide bonds. The van der Waals surface area contributed by atoms with Crippen molar-refractivity contribution in [2.24, 2.45) is 7.05 Å². The third-order valence-electron chi connectivity index (χ3n) is 3.06. The van der Waals surface area contributed by atoms with Gasteiger partial charge in [0.1, 0.15) is 11.9 Å². The molecule has 0 aliphatic rings. The summed E-state index contributed by atoms with van der Waals surface area (Å²) in [5.41, 5.74) is 1.60. The first-order valence-corrected chi connectivity index (χ1v) is 5.76. The summed E-state index contributed by atoms with van der Waals surface area (Å²) in [5, 5.41) is 11.5. The predicted octanol–water partition coefficient (Wildman–Crippen LogP) is 2.05. The number of pyridine rings is 1. The molecule has 3 rings (SSSR count). The molecule has 4 heteroatoms. The van der Waals surface area contributed by atoms with Crippen LogP contribution >= 0.6 is 0 Å². The summed E-state index contributed by atoms with van der Waals surface area (Å²) in [6.07, 6.45) is 4.47. The van der Waals surface area contributed by atoms with Crippen LogP contribution in [0.1, 0.15) is 17.5 Å². The highest BCUT2D eigenvalue weighted by Crippen LogP contribution is 2.26. The van der Waals surface area contributed by atoms with Crippen molar-refractivity contribution in [3.63, 3.8) is 0 Å². The second-order valence-corrected chi connectivity index (χ2v) is 4.22. The van der Waals surface area contributed by atoms with Crippen molar-refractivity contribution in [3.8, 4) is 0 Å². The van der Waals surface area contributed by atoms with Gasteiger partial charge >= 0.3 is 0 Å². The summed E-state index contributed by atoms with van der Waals surface area (Å²) in [6, 6.07) is 9.66. The molecule has 0 bridgehead atoms. The van der Waals surface area contributed by atoms with Gasteiger partial charge in [0.2, 0.25) is 0 Å². The number of aryl methyl sites for hydroxylation is 1. The Morgan fingerprint density at radius 3 is 2.72 bits per heavy atom. The lowest BCUT2D eigenvalue weighted by atomic mass is 10.0. The van der Waals surface area contributed by atoms with E-state index in [4.69, 9.17) is 0 Å². The van der Waals surface area contributed by atoms with Crippen LogP contribution in [0.2, 0.25) is 0 Å². The molecule has 0 aliphatic heterocycles. The first kappa shape index (κ1) is 10.9. The lowest BCUT2D eigenvalue weighted by Crippen LogP contribution is -2.07. The largest absolute Gasteiger partial charge is 0.380 e. The number of aliphatic hydroxyl groups excluding tert-OH is 1. The molecule has 3 aromatic rings. The second-order valence-electron chi connectivity index (χ2n) is 4.22. The van der Waals surface area contributed by atoms with E-state index in [1.54, 1.807) is 12.4 Å². The first-order valence-electron chi connectivity index (χ1n) is 5.76. The fourth-order valence-electron chi connectivity index (χ4n) is 2.13. The van der Waals surface area contributed by atoms with Crippen LogP contribution in [0.4, 0.5) is 0 Å². The summed E-state index contributed by atoms with van der Waals surface area (Å²) < 4.78 is 1.81. The van der Waals surface area contributed by atoms with E-state index in [2.05, 4.69) is 9.97 Å². The van der Waals surface area contributed by atoms with E-state index in [9.17, 15) is 5.11 Å². The van der Waals surface area contributed by atoms with E-state index < -0.39 is 6.10 Å². The highest BCUT2D eigenvalue weighted by Gasteiger charge is 2.17. The Morgan fingerprint density at radius 1 is 1.11 bits per heavy atom. The molecule has 18 heavy (non-hydrogen) atoms. The van der Waals surface area contributed by atoms with Crippen molar-refractivity contribution < 1.29 is 5.11 Å². The summed E-state index contributed by atoms with van der Waals surface area (Å²) in [5.74, 6) is 0.619. The first-order chi connectivity index (χ1) is 8.77. The summed E-state index contributed by atoms with van der Waals surface area (Å²) >= 11 is 0. The van der Waals surface area contributed by atoms with Crippen molar-refractivity contribution in [1.29, 1.82) is 0 Å². The van der Waals surface area contributed by atoms with E-state index in [1.165, 1.54) is 0 Å². The van der Waals surface area contributed by atoms with Crippen LogP contribution in [0, 0.1) is 0 Å². The van der Waals surface area contributed by atoms with Gasteiger partial charge in [-0.15, -0.1) is 0 Å². The average Bonchev–Trinajstić information content (AvgIpc) is 2.83. The van der Waals surface area contributed by atoms with Gasteiger partial charge in [-0.3, -0.25) is 4.98 Å². The standard InChI is InChI=1S/C14H13N3O/c1-17-9-8-16-14(17)13(18)11-6-2-4-10-5-3-7-15-12(10)11/h2-9,13,18H,1H3. The molecule has 2 heterocycles. The summed E-state index contributed by atoms with van der Waals surface area (Å²) in [6.45, 7) is 0. The number of imidazole rings is 1. The van der Waals surface area contributed by atoms with Gasteiger partial charge in [0.15, 0.2) is 0 Å². The van der Waals surface area contributed by atoms with Crippen LogP contribution in [0.5, 0.6) is 0 Å². The molecule has 4 nitrogen and oxygen atoms in total. The lowest BCUT2D eigenvalue weighted by Gasteiger charge is -2.12. The number of hydrogen-bond acceptors (Lipinski definition) is 3. The third kappa shape index (κ3) is 1.67. The number of fused-ring (bicyclic) bond motifs is 1. The van der Waals surface area contributed by atoms with Crippen LogP contribution in [0.3, 0.4) is 0 Å². The molecule has 0 saturated heterocycles. The van der Waals surface area contributed by atoms with Crippen molar-refractivity contribution in [2.75, 3.05) is 0 Å². The van der Waals surface area contributed by atoms with Crippen molar-refractivity contribution in [3.05, 3.63) is 60.3 Å². The fraction of sp³-hybridized carbons (Fsp3) is 0.143. The Balaban J connectivity index is 2.18. The summed E-state index contributed by atoms with van der Waals surface area (Å²) in [7, 11) is 1.87. The monoisotopic (exact) mass is 239 g/mol. The highest BCUT2D eigenvalue weighted by molar-refractivity contribution is 5.82. The Bertz CT molecular complexity index is 685. The number of benzene rings is 1. The van der Waals surface area contributed by atoms with Gasteiger partial charge in [0, 0.05) is 36.6 Å². The molecule has 0 aliphatic carbocycles. The molecule has 0 fully saturated rings. The van der Waals surface area contributed by atoms with Crippen molar-refractivity contribution in [2.45, 2.75) is 6.10 Å². The van der Waals surface area contributed by atoms with E-state index in [0.29, 0.717) is 5.82 Å². The fourth-order valence-corrected chi connectivity index (χ4v) is 2.13. The predicted molar refractivity (Wildman–Crippen MR) is 69.0 cm³/mol.